The van der Waals surface area contributed by atoms with Crippen molar-refractivity contribution < 1.29 is 4.79 Å². The van der Waals surface area contributed by atoms with Crippen molar-refractivity contribution in [2.24, 2.45) is 0 Å². The maximum absolute atomic E-state index is 11.4. The zero-order valence-corrected chi connectivity index (χ0v) is 11.2. The van der Waals surface area contributed by atoms with Crippen LogP contribution in [0.3, 0.4) is 0 Å². The number of amides is 1. The molecule has 1 aromatic rings. The lowest BCUT2D eigenvalue weighted by Gasteiger charge is -2.16. The van der Waals surface area contributed by atoms with Crippen LogP contribution in [-0.4, -0.2) is 18.2 Å². The molecule has 1 aliphatic carbocycles. The summed E-state index contributed by atoms with van der Waals surface area (Å²) in [5, 5.41) is 3.73. The van der Waals surface area contributed by atoms with Gasteiger partial charge in [-0.25, -0.2) is 0 Å². The fourth-order valence-electron chi connectivity index (χ4n) is 1.99. The van der Waals surface area contributed by atoms with Gasteiger partial charge in [-0.2, -0.15) is 12.6 Å². The van der Waals surface area contributed by atoms with E-state index in [-0.39, 0.29) is 11.3 Å². The first kappa shape index (κ1) is 12.8. The number of carbonyl (C=O) groups excluding carboxylic acids is 1. The molecule has 17 heavy (non-hydrogen) atoms. The smallest absolute Gasteiger partial charge is 0.220 e. The van der Waals surface area contributed by atoms with Gasteiger partial charge in [0, 0.05) is 23.4 Å². The van der Waals surface area contributed by atoms with Gasteiger partial charge < -0.3 is 5.32 Å². The summed E-state index contributed by atoms with van der Waals surface area (Å²) in [5.41, 5.74) is 1.35. The molecule has 0 heterocycles. The highest BCUT2D eigenvalue weighted by Crippen LogP contribution is 2.48. The Morgan fingerprint density at radius 3 is 2.82 bits per heavy atom. The van der Waals surface area contributed by atoms with Gasteiger partial charge in [-0.05, 0) is 36.3 Å². The molecule has 0 radical (unpaired) electrons. The van der Waals surface area contributed by atoms with Crippen molar-refractivity contribution in [2.75, 3.05) is 12.3 Å². The Balaban J connectivity index is 1.98. The summed E-state index contributed by atoms with van der Waals surface area (Å²) in [4.78, 5) is 11.4. The topological polar surface area (TPSA) is 29.1 Å². The summed E-state index contributed by atoms with van der Waals surface area (Å²) in [6.07, 6.45) is 2.72. The third-order valence-electron chi connectivity index (χ3n) is 3.25. The van der Waals surface area contributed by atoms with Crippen LogP contribution in [0.15, 0.2) is 24.3 Å². The van der Waals surface area contributed by atoms with Crippen molar-refractivity contribution >= 4 is 30.1 Å². The molecule has 0 bridgehead atoms. The second-order valence-electron chi connectivity index (χ2n) is 4.54. The molecular formula is C13H16ClNOS. The number of hydrogen-bond donors (Lipinski definition) is 2. The molecule has 92 valence electrons. The molecule has 0 spiro atoms. The Labute approximate surface area is 112 Å². The Morgan fingerprint density at radius 2 is 2.24 bits per heavy atom. The minimum Gasteiger partial charge on any atom is -0.355 e. The van der Waals surface area contributed by atoms with Gasteiger partial charge in [0.15, 0.2) is 0 Å². The van der Waals surface area contributed by atoms with Crippen LogP contribution in [-0.2, 0) is 10.2 Å². The molecule has 1 amide bonds. The lowest BCUT2D eigenvalue weighted by atomic mass is 9.96. The molecule has 0 saturated heterocycles. The van der Waals surface area contributed by atoms with E-state index in [0.29, 0.717) is 18.7 Å². The number of nitrogens with one attached hydrogen (secondary N) is 1. The zero-order chi connectivity index (χ0) is 12.3. The van der Waals surface area contributed by atoms with Gasteiger partial charge in [0.25, 0.3) is 0 Å². The van der Waals surface area contributed by atoms with E-state index in [0.717, 1.165) is 17.9 Å². The Hall–Kier alpha value is -0.670. The van der Waals surface area contributed by atoms with E-state index in [1.54, 1.807) is 0 Å². The SMILES string of the molecule is O=C(CCS)NCC1(c2cccc(Cl)c2)CC1. The van der Waals surface area contributed by atoms with E-state index >= 15 is 0 Å². The van der Waals surface area contributed by atoms with Crippen molar-refractivity contribution in [3.05, 3.63) is 34.9 Å². The summed E-state index contributed by atoms with van der Waals surface area (Å²) in [7, 11) is 0. The fraction of sp³-hybridized carbons (Fsp3) is 0.462. The van der Waals surface area contributed by atoms with Crippen LogP contribution in [0.25, 0.3) is 0 Å². The molecular weight excluding hydrogens is 254 g/mol. The number of halogens is 1. The quantitative estimate of drug-likeness (QED) is 0.791. The summed E-state index contributed by atoms with van der Waals surface area (Å²) < 4.78 is 0. The average Bonchev–Trinajstić information content (AvgIpc) is 3.08. The van der Waals surface area contributed by atoms with Crippen LogP contribution in [0.1, 0.15) is 24.8 Å². The first-order chi connectivity index (χ1) is 8.16. The second-order valence-corrected chi connectivity index (χ2v) is 5.42. The van der Waals surface area contributed by atoms with E-state index < -0.39 is 0 Å². The Bertz CT molecular complexity index is 418. The molecule has 1 saturated carbocycles. The first-order valence-corrected chi connectivity index (χ1v) is 6.81. The predicted molar refractivity (Wildman–Crippen MR) is 73.8 cm³/mol. The summed E-state index contributed by atoms with van der Waals surface area (Å²) in [5.74, 6) is 0.670. The van der Waals surface area contributed by atoms with Gasteiger partial charge in [-0.15, -0.1) is 0 Å². The van der Waals surface area contributed by atoms with Crippen LogP contribution < -0.4 is 5.32 Å². The highest BCUT2D eigenvalue weighted by Gasteiger charge is 2.44. The van der Waals surface area contributed by atoms with Crippen molar-refractivity contribution in [2.45, 2.75) is 24.7 Å². The molecule has 0 aromatic heterocycles. The van der Waals surface area contributed by atoms with Gasteiger partial charge in [0.2, 0.25) is 5.91 Å². The number of hydrogen-bond acceptors (Lipinski definition) is 2. The van der Waals surface area contributed by atoms with E-state index in [4.69, 9.17) is 11.6 Å². The zero-order valence-electron chi connectivity index (χ0n) is 9.58. The third kappa shape index (κ3) is 3.17. The predicted octanol–water partition coefficient (Wildman–Crippen LogP) is 2.81. The Kier molecular flexibility index (Phi) is 4.00. The van der Waals surface area contributed by atoms with Crippen LogP contribution >= 0.6 is 24.2 Å². The minimum atomic E-state index is 0.0771. The van der Waals surface area contributed by atoms with Crippen LogP contribution in [0.5, 0.6) is 0 Å². The van der Waals surface area contributed by atoms with Crippen molar-refractivity contribution in [1.29, 1.82) is 0 Å². The molecule has 1 fully saturated rings. The van der Waals surface area contributed by atoms with Crippen LogP contribution in [0, 0.1) is 0 Å². The van der Waals surface area contributed by atoms with E-state index in [9.17, 15) is 4.79 Å². The highest BCUT2D eigenvalue weighted by atomic mass is 35.5. The molecule has 1 aromatic carbocycles. The normalized spacial score (nSPS) is 16.6. The number of rotatable bonds is 5. The fourth-order valence-corrected chi connectivity index (χ4v) is 2.39. The molecule has 0 unspecified atom stereocenters. The first-order valence-electron chi connectivity index (χ1n) is 5.80. The number of thiol groups is 1. The molecule has 4 heteroatoms. The summed E-state index contributed by atoms with van der Waals surface area (Å²) >= 11 is 10.0. The van der Waals surface area contributed by atoms with Gasteiger partial charge >= 0.3 is 0 Å². The minimum absolute atomic E-state index is 0.0771. The van der Waals surface area contributed by atoms with Gasteiger partial charge in [-0.1, -0.05) is 23.7 Å². The van der Waals surface area contributed by atoms with Gasteiger partial charge in [0.05, 0.1) is 0 Å². The van der Waals surface area contributed by atoms with Crippen molar-refractivity contribution in [1.82, 2.24) is 5.32 Å². The molecule has 0 atom stereocenters. The molecule has 2 rings (SSSR count). The molecule has 1 N–H and O–H groups in total. The van der Waals surface area contributed by atoms with Crippen LogP contribution in [0.2, 0.25) is 5.02 Å². The van der Waals surface area contributed by atoms with Gasteiger partial charge in [0.1, 0.15) is 0 Å². The maximum atomic E-state index is 11.4. The van der Waals surface area contributed by atoms with Crippen molar-refractivity contribution in [3.8, 4) is 0 Å². The monoisotopic (exact) mass is 269 g/mol. The lowest BCUT2D eigenvalue weighted by molar-refractivity contribution is -0.120. The molecule has 2 nitrogen and oxygen atoms in total. The average molecular weight is 270 g/mol. The molecule has 0 aliphatic heterocycles. The number of benzene rings is 1. The van der Waals surface area contributed by atoms with Gasteiger partial charge in [-0.3, -0.25) is 4.79 Å². The summed E-state index contributed by atoms with van der Waals surface area (Å²) in [6, 6.07) is 7.93. The standard InChI is InChI=1S/C13H16ClNOS/c14-11-3-1-2-10(8-11)13(5-6-13)9-15-12(16)4-7-17/h1-3,8,17H,4-7,9H2,(H,15,16). The Morgan fingerprint density at radius 1 is 1.47 bits per heavy atom. The van der Waals surface area contributed by atoms with E-state index in [1.165, 1.54) is 5.56 Å². The van der Waals surface area contributed by atoms with E-state index in [2.05, 4.69) is 24.0 Å². The lowest BCUT2D eigenvalue weighted by Crippen LogP contribution is -2.32. The summed E-state index contributed by atoms with van der Waals surface area (Å²) in [6.45, 7) is 0.708. The van der Waals surface area contributed by atoms with Crippen LogP contribution in [0.4, 0.5) is 0 Å². The third-order valence-corrected chi connectivity index (χ3v) is 3.71. The highest BCUT2D eigenvalue weighted by molar-refractivity contribution is 7.80. The van der Waals surface area contributed by atoms with E-state index in [1.807, 2.05) is 18.2 Å². The maximum Gasteiger partial charge on any atom is 0.220 e. The largest absolute Gasteiger partial charge is 0.355 e. The second kappa shape index (κ2) is 5.32. The number of carbonyl (C=O) groups is 1. The van der Waals surface area contributed by atoms with Crippen molar-refractivity contribution in [3.63, 3.8) is 0 Å². The molecule has 1 aliphatic rings.